The first kappa shape index (κ1) is 96.1. The minimum absolute atomic E-state index is 0.106. The standard InChI is InChI=1S/C79H154O17P2/c1-6-10-13-16-19-22-25-28-30-32-34-36-39-42-48-53-58-63-77(82)89-68-74(95-78(83)64-59-54-49-43-40-37-35-33-31-29-26-23-20-17-14-11-7-2)70-93-97(85,86)91-66-73(80)67-92-98(87,88)94-71-75(96-79(84)65-60-55-50-45-44-46-51-56-61-72(5)9-4)69-90-76(81)62-57-52-47-41-38-27-24-21-18-15-12-8-3/h72-75,80H,6-71H2,1-5H3,(H,85,86)(H,87,88)/t72?,73-,74-,75-/m1/s1. The van der Waals surface area contributed by atoms with Crippen LogP contribution in [-0.4, -0.2) is 96.7 Å². The molecule has 0 aliphatic carbocycles. The molecule has 0 saturated heterocycles. The second-order valence-electron chi connectivity index (χ2n) is 28.7. The number of hydrogen-bond donors (Lipinski definition) is 3. The van der Waals surface area contributed by atoms with Gasteiger partial charge in [-0.2, -0.15) is 0 Å². The number of rotatable bonds is 79. The SMILES string of the molecule is CCCCCCCCCCCCCCCCCCCC(=O)OC[C@H](COP(=O)(O)OC[C@@H](O)COP(=O)(O)OC[C@@H](COC(=O)CCCCCCCCCCCCCC)OC(=O)CCCCCCCCCCC(C)CC)OC(=O)CCCCCCCCCCCCCCCCCCC. The van der Waals surface area contributed by atoms with E-state index in [0.29, 0.717) is 25.7 Å². The molecule has 582 valence electrons. The molecule has 0 aromatic heterocycles. The number of aliphatic hydroxyl groups is 1. The quantitative estimate of drug-likeness (QED) is 0.0222. The molecule has 0 amide bonds. The van der Waals surface area contributed by atoms with E-state index in [0.717, 1.165) is 95.8 Å². The van der Waals surface area contributed by atoms with Gasteiger partial charge in [0.2, 0.25) is 0 Å². The summed E-state index contributed by atoms with van der Waals surface area (Å²) in [5.74, 6) is -1.34. The maximum Gasteiger partial charge on any atom is 0.472 e. The molecule has 17 nitrogen and oxygen atoms in total. The number of aliphatic hydroxyl groups excluding tert-OH is 1. The zero-order chi connectivity index (χ0) is 71.9. The van der Waals surface area contributed by atoms with E-state index in [9.17, 15) is 43.2 Å². The maximum absolute atomic E-state index is 13.1. The van der Waals surface area contributed by atoms with E-state index in [1.807, 2.05) is 0 Å². The summed E-state index contributed by atoms with van der Waals surface area (Å²) in [4.78, 5) is 73.0. The number of phosphoric acid groups is 2. The monoisotopic (exact) mass is 1440 g/mol. The average Bonchev–Trinajstić information content (AvgIpc) is 1.63. The van der Waals surface area contributed by atoms with E-state index >= 15 is 0 Å². The van der Waals surface area contributed by atoms with Gasteiger partial charge in [0.1, 0.15) is 19.3 Å². The van der Waals surface area contributed by atoms with E-state index in [1.165, 1.54) is 244 Å². The first-order valence-electron chi connectivity index (χ1n) is 41.2. The van der Waals surface area contributed by atoms with Gasteiger partial charge in [0.05, 0.1) is 26.4 Å². The summed E-state index contributed by atoms with van der Waals surface area (Å²) in [6, 6.07) is 0. The summed E-state index contributed by atoms with van der Waals surface area (Å²) < 4.78 is 68.7. The summed E-state index contributed by atoms with van der Waals surface area (Å²) in [6.07, 6.45) is 62.3. The molecular formula is C79H154O17P2. The molecule has 0 aromatic rings. The summed E-state index contributed by atoms with van der Waals surface area (Å²) in [5, 5.41) is 10.6. The maximum atomic E-state index is 13.1. The van der Waals surface area contributed by atoms with Crippen molar-refractivity contribution < 1.29 is 80.2 Å². The van der Waals surface area contributed by atoms with Crippen LogP contribution in [0.2, 0.25) is 0 Å². The van der Waals surface area contributed by atoms with Gasteiger partial charge in [-0.15, -0.1) is 0 Å². The summed E-state index contributed by atoms with van der Waals surface area (Å²) in [5.41, 5.74) is 0. The molecule has 0 radical (unpaired) electrons. The summed E-state index contributed by atoms with van der Waals surface area (Å²) in [6.45, 7) is 7.32. The molecule has 3 N–H and O–H groups in total. The number of esters is 4. The molecular weight excluding hydrogens is 1280 g/mol. The third-order valence-corrected chi connectivity index (χ3v) is 20.8. The molecule has 19 heteroatoms. The van der Waals surface area contributed by atoms with Crippen molar-refractivity contribution in [2.24, 2.45) is 5.92 Å². The fraction of sp³-hybridized carbons (Fsp3) is 0.949. The van der Waals surface area contributed by atoms with Crippen molar-refractivity contribution in [2.75, 3.05) is 39.6 Å². The van der Waals surface area contributed by atoms with E-state index in [-0.39, 0.29) is 25.7 Å². The Morgan fingerprint density at radius 1 is 0.286 bits per heavy atom. The van der Waals surface area contributed by atoms with Crippen LogP contribution in [0.4, 0.5) is 0 Å². The second kappa shape index (κ2) is 72.0. The van der Waals surface area contributed by atoms with Crippen molar-refractivity contribution in [1.82, 2.24) is 0 Å². The van der Waals surface area contributed by atoms with Crippen molar-refractivity contribution in [3.8, 4) is 0 Å². The van der Waals surface area contributed by atoms with Crippen molar-refractivity contribution >= 4 is 39.5 Å². The van der Waals surface area contributed by atoms with Gasteiger partial charge in [0.25, 0.3) is 0 Å². The van der Waals surface area contributed by atoms with Crippen molar-refractivity contribution in [2.45, 2.75) is 438 Å². The molecule has 0 fully saturated rings. The van der Waals surface area contributed by atoms with Crippen molar-refractivity contribution in [3.63, 3.8) is 0 Å². The van der Waals surface area contributed by atoms with Crippen LogP contribution in [0.15, 0.2) is 0 Å². The fourth-order valence-electron chi connectivity index (χ4n) is 12.2. The lowest BCUT2D eigenvalue weighted by Gasteiger charge is -2.21. The Labute approximate surface area is 600 Å². The Morgan fingerprint density at radius 2 is 0.490 bits per heavy atom. The lowest BCUT2D eigenvalue weighted by Crippen LogP contribution is -2.30. The third kappa shape index (κ3) is 71.1. The number of ether oxygens (including phenoxy) is 4. The zero-order valence-electron chi connectivity index (χ0n) is 63.9. The Bertz CT molecular complexity index is 1880. The first-order chi connectivity index (χ1) is 47.6. The Morgan fingerprint density at radius 3 is 0.724 bits per heavy atom. The van der Waals surface area contributed by atoms with Crippen molar-refractivity contribution in [1.29, 1.82) is 0 Å². The van der Waals surface area contributed by atoms with E-state index in [4.69, 9.17) is 37.0 Å². The molecule has 6 atom stereocenters. The minimum atomic E-state index is -4.96. The van der Waals surface area contributed by atoms with Crippen LogP contribution in [-0.2, 0) is 65.4 Å². The zero-order valence-corrected chi connectivity index (χ0v) is 65.7. The molecule has 0 aliphatic rings. The molecule has 3 unspecified atom stereocenters. The molecule has 0 bridgehead atoms. The largest absolute Gasteiger partial charge is 0.472 e. The number of carbonyl (C=O) groups is 4. The van der Waals surface area contributed by atoms with Crippen LogP contribution in [0.3, 0.4) is 0 Å². The second-order valence-corrected chi connectivity index (χ2v) is 31.6. The van der Waals surface area contributed by atoms with Gasteiger partial charge in [-0.05, 0) is 31.6 Å². The van der Waals surface area contributed by atoms with Gasteiger partial charge in [0, 0.05) is 25.7 Å². The number of unbranched alkanes of at least 4 members (excludes halogenated alkanes) is 50. The highest BCUT2D eigenvalue weighted by Crippen LogP contribution is 2.45. The van der Waals surface area contributed by atoms with Gasteiger partial charge >= 0.3 is 39.5 Å². The molecule has 0 spiro atoms. The highest BCUT2D eigenvalue weighted by molar-refractivity contribution is 7.47. The van der Waals surface area contributed by atoms with Crippen LogP contribution in [0, 0.1) is 5.92 Å². The lowest BCUT2D eigenvalue weighted by atomic mass is 9.99. The number of phosphoric ester groups is 2. The smallest absolute Gasteiger partial charge is 0.462 e. The highest BCUT2D eigenvalue weighted by atomic mass is 31.2. The molecule has 0 aliphatic heterocycles. The topological polar surface area (TPSA) is 237 Å². The minimum Gasteiger partial charge on any atom is -0.462 e. The predicted molar refractivity (Wildman–Crippen MR) is 400 cm³/mol. The fourth-order valence-corrected chi connectivity index (χ4v) is 13.8. The van der Waals surface area contributed by atoms with Crippen LogP contribution in [0.25, 0.3) is 0 Å². The number of carbonyl (C=O) groups excluding carboxylic acids is 4. The number of hydrogen-bond acceptors (Lipinski definition) is 15. The molecule has 0 rings (SSSR count). The van der Waals surface area contributed by atoms with Gasteiger partial charge in [0.15, 0.2) is 12.2 Å². The van der Waals surface area contributed by atoms with Gasteiger partial charge in [-0.1, -0.05) is 369 Å². The Hall–Kier alpha value is -1.94. The van der Waals surface area contributed by atoms with E-state index in [1.54, 1.807) is 0 Å². The summed E-state index contributed by atoms with van der Waals surface area (Å²) in [7, 11) is -9.92. The predicted octanol–water partition coefficient (Wildman–Crippen LogP) is 23.6. The summed E-state index contributed by atoms with van der Waals surface area (Å²) >= 11 is 0. The Kier molecular flexibility index (Phi) is 70.6. The first-order valence-corrected chi connectivity index (χ1v) is 44.2. The van der Waals surface area contributed by atoms with E-state index < -0.39 is 97.5 Å². The van der Waals surface area contributed by atoms with Crippen molar-refractivity contribution in [3.05, 3.63) is 0 Å². The van der Waals surface area contributed by atoms with Crippen LogP contribution in [0.5, 0.6) is 0 Å². The normalized spacial score (nSPS) is 14.2. The molecule has 0 saturated carbocycles. The van der Waals surface area contributed by atoms with Crippen LogP contribution < -0.4 is 0 Å². The van der Waals surface area contributed by atoms with E-state index in [2.05, 4.69) is 34.6 Å². The molecule has 0 aromatic carbocycles. The van der Waals surface area contributed by atoms with Gasteiger partial charge in [-0.3, -0.25) is 37.3 Å². The van der Waals surface area contributed by atoms with Crippen LogP contribution >= 0.6 is 15.6 Å². The Balaban J connectivity index is 5.25. The van der Waals surface area contributed by atoms with Gasteiger partial charge < -0.3 is 33.8 Å². The lowest BCUT2D eigenvalue weighted by molar-refractivity contribution is -0.161. The van der Waals surface area contributed by atoms with Crippen LogP contribution in [0.1, 0.15) is 420 Å². The molecule has 0 heterocycles. The highest BCUT2D eigenvalue weighted by Gasteiger charge is 2.30. The third-order valence-electron chi connectivity index (χ3n) is 18.9. The average molecular weight is 1440 g/mol. The molecule has 98 heavy (non-hydrogen) atoms. The van der Waals surface area contributed by atoms with Gasteiger partial charge in [-0.25, -0.2) is 9.13 Å².